The Morgan fingerprint density at radius 1 is 1.58 bits per heavy atom. The summed E-state index contributed by atoms with van der Waals surface area (Å²) >= 11 is 6.01. The molecule has 68 valence electrons. The van der Waals surface area contributed by atoms with Crippen molar-refractivity contribution in [3.63, 3.8) is 0 Å². The lowest BCUT2D eigenvalue weighted by molar-refractivity contribution is 0.179. The number of nitrogens with one attached hydrogen (secondary N) is 1. The Hall–Kier alpha value is -0.700. The van der Waals surface area contributed by atoms with Gasteiger partial charge in [0.05, 0.1) is 5.70 Å². The monoisotopic (exact) mass is 189 g/mol. The molecule has 1 fully saturated rings. The van der Waals surface area contributed by atoms with Crippen LogP contribution in [0, 0.1) is 5.41 Å². The number of halogens is 1. The van der Waals surface area contributed by atoms with Crippen molar-refractivity contribution >= 4 is 17.7 Å². The van der Waals surface area contributed by atoms with Crippen LogP contribution in [0.5, 0.6) is 0 Å². The van der Waals surface area contributed by atoms with Crippen molar-refractivity contribution in [3.05, 3.63) is 10.7 Å². The average molecular weight is 190 g/mol. The molecular formula is C8H12ClNO2. The molecule has 0 bridgehead atoms. The number of hydrogen-bond acceptors (Lipinski definition) is 2. The molecule has 0 spiro atoms. The van der Waals surface area contributed by atoms with Gasteiger partial charge < -0.3 is 4.74 Å². The number of rotatable bonds is 0. The highest BCUT2D eigenvalue weighted by atomic mass is 35.5. The Labute approximate surface area is 76.7 Å². The van der Waals surface area contributed by atoms with Gasteiger partial charge in [-0.25, -0.2) is 4.79 Å². The summed E-state index contributed by atoms with van der Waals surface area (Å²) in [5, 5.41) is 3.19. The van der Waals surface area contributed by atoms with Gasteiger partial charge in [-0.05, 0) is 5.41 Å². The molecule has 4 heteroatoms. The summed E-state index contributed by atoms with van der Waals surface area (Å²) in [5.74, 6) is 0. The van der Waals surface area contributed by atoms with Crippen molar-refractivity contribution in [1.82, 2.24) is 5.32 Å². The van der Waals surface area contributed by atoms with Gasteiger partial charge in [-0.1, -0.05) is 32.4 Å². The number of hydrogen-bond donors (Lipinski definition) is 1. The minimum atomic E-state index is -0.424. The van der Waals surface area contributed by atoms with Gasteiger partial charge in [0.1, 0.15) is 6.61 Å². The second kappa shape index (κ2) is 2.98. The molecule has 3 nitrogen and oxygen atoms in total. The zero-order valence-electron chi connectivity index (χ0n) is 7.40. The van der Waals surface area contributed by atoms with Crippen molar-refractivity contribution in [2.24, 2.45) is 5.41 Å². The molecular weight excluding hydrogens is 178 g/mol. The van der Waals surface area contributed by atoms with E-state index in [4.69, 9.17) is 11.6 Å². The highest BCUT2D eigenvalue weighted by Crippen LogP contribution is 2.31. The third-order valence-corrected chi connectivity index (χ3v) is 2.32. The third kappa shape index (κ3) is 1.91. The number of alkyl carbamates (subject to hydrolysis) is 1. The fourth-order valence-corrected chi connectivity index (χ4v) is 1.01. The van der Waals surface area contributed by atoms with Gasteiger partial charge in [0, 0.05) is 5.03 Å². The highest BCUT2D eigenvalue weighted by molar-refractivity contribution is 6.30. The number of carbonyl (C=O) groups is 1. The highest BCUT2D eigenvalue weighted by Gasteiger charge is 2.25. The van der Waals surface area contributed by atoms with E-state index in [2.05, 4.69) is 10.1 Å². The second-order valence-corrected chi connectivity index (χ2v) is 4.12. The topological polar surface area (TPSA) is 38.3 Å². The summed E-state index contributed by atoms with van der Waals surface area (Å²) < 4.78 is 4.69. The summed E-state index contributed by atoms with van der Waals surface area (Å²) in [5.41, 5.74) is 0.534. The number of allylic oxidation sites excluding steroid dienone is 1. The van der Waals surface area contributed by atoms with Crippen LogP contribution in [-0.4, -0.2) is 12.7 Å². The molecule has 1 amide bonds. The lowest BCUT2D eigenvalue weighted by Crippen LogP contribution is -2.16. The number of amides is 1. The van der Waals surface area contributed by atoms with Crippen LogP contribution in [-0.2, 0) is 4.74 Å². The molecule has 1 N–H and O–H groups in total. The van der Waals surface area contributed by atoms with E-state index in [9.17, 15) is 4.79 Å². The maximum Gasteiger partial charge on any atom is 0.411 e. The molecule has 1 aliphatic rings. The maximum absolute atomic E-state index is 10.7. The molecule has 0 atom stereocenters. The van der Waals surface area contributed by atoms with Crippen molar-refractivity contribution in [2.75, 3.05) is 6.61 Å². The van der Waals surface area contributed by atoms with E-state index in [1.165, 1.54) is 0 Å². The van der Waals surface area contributed by atoms with E-state index in [1.54, 1.807) is 0 Å². The molecule has 0 aromatic rings. The van der Waals surface area contributed by atoms with Crippen LogP contribution in [0.2, 0.25) is 0 Å². The van der Waals surface area contributed by atoms with Gasteiger partial charge in [0.15, 0.2) is 0 Å². The van der Waals surface area contributed by atoms with Crippen LogP contribution in [0.15, 0.2) is 10.7 Å². The lowest BCUT2D eigenvalue weighted by atomic mass is 9.95. The van der Waals surface area contributed by atoms with Crippen molar-refractivity contribution < 1.29 is 9.53 Å². The van der Waals surface area contributed by atoms with E-state index in [1.807, 2.05) is 20.8 Å². The minimum Gasteiger partial charge on any atom is -0.443 e. The van der Waals surface area contributed by atoms with Crippen molar-refractivity contribution in [2.45, 2.75) is 20.8 Å². The quantitative estimate of drug-likeness (QED) is 0.635. The van der Waals surface area contributed by atoms with E-state index in [0.717, 1.165) is 0 Å². The molecule has 0 aliphatic carbocycles. The molecule has 0 aromatic heterocycles. The predicted molar refractivity (Wildman–Crippen MR) is 46.8 cm³/mol. The van der Waals surface area contributed by atoms with Gasteiger partial charge in [-0.2, -0.15) is 0 Å². The van der Waals surface area contributed by atoms with Gasteiger partial charge in [0.2, 0.25) is 0 Å². The standard InChI is InChI=1S/C8H12ClNO2/c1-8(2,3)6(9)5-4-12-7(11)10-5/h4H2,1-3H3,(H,10,11)/b6-5-. The first-order valence-corrected chi connectivity index (χ1v) is 4.12. The summed E-state index contributed by atoms with van der Waals surface area (Å²) in [6, 6.07) is 0. The predicted octanol–water partition coefficient (Wildman–Crippen LogP) is 2.22. The number of cyclic esters (lactones) is 1. The van der Waals surface area contributed by atoms with Gasteiger partial charge in [-0.3, -0.25) is 5.32 Å². The van der Waals surface area contributed by atoms with Gasteiger partial charge >= 0.3 is 6.09 Å². The van der Waals surface area contributed by atoms with Crippen LogP contribution < -0.4 is 5.32 Å². The molecule has 0 unspecified atom stereocenters. The lowest BCUT2D eigenvalue weighted by Gasteiger charge is -2.18. The minimum absolute atomic E-state index is 0.141. The Kier molecular flexibility index (Phi) is 2.33. The zero-order valence-corrected chi connectivity index (χ0v) is 8.16. The third-order valence-electron chi connectivity index (χ3n) is 1.52. The number of carbonyl (C=O) groups excluding carboxylic acids is 1. The fourth-order valence-electron chi connectivity index (χ4n) is 0.904. The van der Waals surface area contributed by atoms with Gasteiger partial charge in [-0.15, -0.1) is 0 Å². The molecule has 1 aliphatic heterocycles. The molecule has 0 radical (unpaired) electrons. The summed E-state index contributed by atoms with van der Waals surface area (Å²) in [7, 11) is 0. The molecule has 0 aromatic carbocycles. The Morgan fingerprint density at radius 3 is 2.50 bits per heavy atom. The molecule has 1 heterocycles. The first-order valence-electron chi connectivity index (χ1n) is 3.74. The van der Waals surface area contributed by atoms with Crippen LogP contribution >= 0.6 is 11.6 Å². The zero-order chi connectivity index (χ0) is 9.35. The molecule has 1 saturated heterocycles. The molecule has 0 saturated carbocycles. The Balaban J connectivity index is 2.85. The van der Waals surface area contributed by atoms with E-state index in [-0.39, 0.29) is 12.0 Å². The second-order valence-electron chi connectivity index (χ2n) is 3.74. The van der Waals surface area contributed by atoms with Crippen LogP contribution in [0.3, 0.4) is 0 Å². The van der Waals surface area contributed by atoms with E-state index in [0.29, 0.717) is 10.7 Å². The average Bonchev–Trinajstić information content (AvgIpc) is 2.32. The van der Waals surface area contributed by atoms with Gasteiger partial charge in [0.25, 0.3) is 0 Å². The normalized spacial score (nSPS) is 21.8. The number of ether oxygens (including phenoxy) is 1. The Bertz CT molecular complexity index is 240. The maximum atomic E-state index is 10.7. The summed E-state index contributed by atoms with van der Waals surface area (Å²) in [6.07, 6.45) is -0.424. The van der Waals surface area contributed by atoms with E-state index < -0.39 is 6.09 Å². The fraction of sp³-hybridized carbons (Fsp3) is 0.625. The van der Waals surface area contributed by atoms with E-state index >= 15 is 0 Å². The van der Waals surface area contributed by atoms with Crippen molar-refractivity contribution in [3.8, 4) is 0 Å². The first kappa shape index (κ1) is 9.39. The van der Waals surface area contributed by atoms with Crippen LogP contribution in [0.4, 0.5) is 4.79 Å². The smallest absolute Gasteiger partial charge is 0.411 e. The molecule has 12 heavy (non-hydrogen) atoms. The van der Waals surface area contributed by atoms with Crippen molar-refractivity contribution in [1.29, 1.82) is 0 Å². The first-order chi connectivity index (χ1) is 5.41. The Morgan fingerprint density at radius 2 is 2.17 bits per heavy atom. The SMILES string of the molecule is CC(C)(C)/C(Cl)=C1\COC(=O)N1. The summed E-state index contributed by atoms with van der Waals surface area (Å²) in [6.45, 7) is 6.20. The molecule has 1 rings (SSSR count). The van der Waals surface area contributed by atoms with Crippen LogP contribution in [0.25, 0.3) is 0 Å². The summed E-state index contributed by atoms with van der Waals surface area (Å²) in [4.78, 5) is 10.7. The largest absolute Gasteiger partial charge is 0.443 e. The van der Waals surface area contributed by atoms with Crippen LogP contribution in [0.1, 0.15) is 20.8 Å².